The van der Waals surface area contributed by atoms with Crippen molar-refractivity contribution < 1.29 is 14.3 Å². The highest BCUT2D eigenvalue weighted by Gasteiger charge is 2.27. The van der Waals surface area contributed by atoms with Crippen molar-refractivity contribution in [1.82, 2.24) is 9.88 Å². The maximum absolute atomic E-state index is 13.3. The number of pyridine rings is 1. The van der Waals surface area contributed by atoms with Crippen LogP contribution in [0.15, 0.2) is 79.1 Å². The van der Waals surface area contributed by atoms with E-state index in [1.165, 1.54) is 0 Å². The molecule has 0 N–H and O–H groups in total. The first-order chi connectivity index (χ1) is 15.2. The molecule has 31 heavy (non-hydrogen) atoms. The van der Waals surface area contributed by atoms with Crippen molar-refractivity contribution in [2.75, 3.05) is 13.2 Å². The molecule has 0 radical (unpaired) electrons. The fourth-order valence-corrected chi connectivity index (χ4v) is 3.85. The Balaban J connectivity index is 1.43. The minimum Gasteiger partial charge on any atom is -0.481 e. The van der Waals surface area contributed by atoms with Gasteiger partial charge in [0.15, 0.2) is 6.10 Å². The standard InChI is InChI=1S/C26H28N2O3/c1-20(31-24-13-11-23(12-14-24)22-8-3-2-4-9-22)26(29)28(19-25-10-6-16-30-25)18-21-7-5-15-27-17-21/h2-5,7-9,11-15,17,20,25H,6,10,16,18-19H2,1H3. The van der Waals surface area contributed by atoms with E-state index in [0.717, 1.165) is 36.1 Å². The van der Waals surface area contributed by atoms with Crippen molar-refractivity contribution in [3.63, 3.8) is 0 Å². The highest BCUT2D eigenvalue weighted by molar-refractivity contribution is 5.81. The lowest BCUT2D eigenvalue weighted by Crippen LogP contribution is -2.43. The van der Waals surface area contributed by atoms with E-state index in [2.05, 4.69) is 17.1 Å². The molecule has 2 atom stereocenters. The fraction of sp³-hybridized carbons (Fsp3) is 0.308. The Kier molecular flexibility index (Phi) is 6.95. The van der Waals surface area contributed by atoms with Crippen LogP contribution in [0.5, 0.6) is 5.75 Å². The Morgan fingerprint density at radius 3 is 2.55 bits per heavy atom. The molecule has 160 valence electrons. The molecule has 0 bridgehead atoms. The topological polar surface area (TPSA) is 51.7 Å². The van der Waals surface area contributed by atoms with E-state index in [1.54, 1.807) is 19.3 Å². The SMILES string of the molecule is CC(Oc1ccc(-c2ccccc2)cc1)C(=O)N(Cc1cccnc1)CC1CCCO1. The van der Waals surface area contributed by atoms with Gasteiger partial charge < -0.3 is 14.4 Å². The maximum Gasteiger partial charge on any atom is 0.263 e. The van der Waals surface area contributed by atoms with Crippen LogP contribution in [0.3, 0.4) is 0 Å². The van der Waals surface area contributed by atoms with Gasteiger partial charge in [-0.3, -0.25) is 9.78 Å². The molecule has 1 saturated heterocycles. The van der Waals surface area contributed by atoms with E-state index in [4.69, 9.17) is 9.47 Å². The van der Waals surface area contributed by atoms with Crippen LogP contribution in [-0.2, 0) is 16.1 Å². The third kappa shape index (κ3) is 5.70. The van der Waals surface area contributed by atoms with E-state index >= 15 is 0 Å². The van der Waals surface area contributed by atoms with Crippen LogP contribution >= 0.6 is 0 Å². The van der Waals surface area contributed by atoms with E-state index in [0.29, 0.717) is 18.8 Å². The second-order valence-electron chi connectivity index (χ2n) is 7.87. The van der Waals surface area contributed by atoms with Crippen molar-refractivity contribution >= 4 is 5.91 Å². The van der Waals surface area contributed by atoms with Crippen LogP contribution < -0.4 is 4.74 Å². The predicted molar refractivity (Wildman–Crippen MR) is 121 cm³/mol. The summed E-state index contributed by atoms with van der Waals surface area (Å²) in [6, 6.07) is 21.9. The smallest absolute Gasteiger partial charge is 0.263 e. The van der Waals surface area contributed by atoms with Gasteiger partial charge in [-0.05, 0) is 54.7 Å². The van der Waals surface area contributed by atoms with Gasteiger partial charge in [0.25, 0.3) is 5.91 Å². The lowest BCUT2D eigenvalue weighted by Gasteiger charge is -2.28. The summed E-state index contributed by atoms with van der Waals surface area (Å²) in [4.78, 5) is 19.3. The molecule has 5 nitrogen and oxygen atoms in total. The number of carbonyl (C=O) groups excluding carboxylic acids is 1. The first kappa shape index (κ1) is 21.1. The summed E-state index contributed by atoms with van der Waals surface area (Å²) in [5.41, 5.74) is 3.26. The van der Waals surface area contributed by atoms with Gasteiger partial charge in [0, 0.05) is 32.1 Å². The number of aromatic nitrogens is 1. The molecule has 1 amide bonds. The number of benzene rings is 2. The average molecular weight is 417 g/mol. The van der Waals surface area contributed by atoms with Crippen LogP contribution in [0.1, 0.15) is 25.3 Å². The van der Waals surface area contributed by atoms with E-state index in [9.17, 15) is 4.79 Å². The zero-order chi connectivity index (χ0) is 21.5. The first-order valence-electron chi connectivity index (χ1n) is 10.8. The lowest BCUT2D eigenvalue weighted by molar-refractivity contribution is -0.140. The molecule has 0 saturated carbocycles. The molecule has 4 rings (SSSR count). The number of ether oxygens (including phenoxy) is 2. The summed E-state index contributed by atoms with van der Waals surface area (Å²) in [6.45, 7) is 3.63. The number of hydrogen-bond acceptors (Lipinski definition) is 4. The largest absolute Gasteiger partial charge is 0.481 e. The Bertz CT molecular complexity index is 955. The minimum atomic E-state index is -0.597. The Labute approximate surface area is 183 Å². The van der Waals surface area contributed by atoms with Gasteiger partial charge in [-0.2, -0.15) is 0 Å². The van der Waals surface area contributed by atoms with Gasteiger partial charge in [-0.1, -0.05) is 48.5 Å². The Morgan fingerprint density at radius 1 is 1.10 bits per heavy atom. The van der Waals surface area contributed by atoms with Gasteiger partial charge in [-0.25, -0.2) is 0 Å². The van der Waals surface area contributed by atoms with Crippen molar-refractivity contribution in [2.45, 2.75) is 38.5 Å². The molecule has 0 aliphatic carbocycles. The van der Waals surface area contributed by atoms with Crippen LogP contribution in [-0.4, -0.2) is 41.2 Å². The van der Waals surface area contributed by atoms with Crippen LogP contribution in [0.2, 0.25) is 0 Å². The summed E-state index contributed by atoms with van der Waals surface area (Å²) >= 11 is 0. The molecule has 5 heteroatoms. The molecular weight excluding hydrogens is 388 g/mol. The molecule has 3 aromatic rings. The van der Waals surface area contributed by atoms with Crippen molar-refractivity contribution in [3.05, 3.63) is 84.7 Å². The van der Waals surface area contributed by atoms with Gasteiger partial charge in [0.1, 0.15) is 5.75 Å². The van der Waals surface area contributed by atoms with E-state index in [1.807, 2.05) is 59.5 Å². The van der Waals surface area contributed by atoms with Crippen LogP contribution in [0.4, 0.5) is 0 Å². The van der Waals surface area contributed by atoms with Gasteiger partial charge >= 0.3 is 0 Å². The molecule has 0 spiro atoms. The van der Waals surface area contributed by atoms with Crippen molar-refractivity contribution in [3.8, 4) is 16.9 Å². The third-order valence-corrected chi connectivity index (χ3v) is 5.48. The molecule has 2 unspecified atom stereocenters. The third-order valence-electron chi connectivity index (χ3n) is 5.48. The summed E-state index contributed by atoms with van der Waals surface area (Å²) in [6.07, 6.45) is 5.04. The van der Waals surface area contributed by atoms with Gasteiger partial charge in [0.2, 0.25) is 0 Å². The number of rotatable bonds is 8. The number of hydrogen-bond donors (Lipinski definition) is 0. The fourth-order valence-electron chi connectivity index (χ4n) is 3.85. The molecule has 1 aromatic heterocycles. The molecule has 2 aromatic carbocycles. The lowest BCUT2D eigenvalue weighted by atomic mass is 10.1. The second-order valence-corrected chi connectivity index (χ2v) is 7.87. The Morgan fingerprint density at radius 2 is 1.87 bits per heavy atom. The maximum atomic E-state index is 13.3. The van der Waals surface area contributed by atoms with E-state index in [-0.39, 0.29) is 12.0 Å². The highest BCUT2D eigenvalue weighted by atomic mass is 16.5. The summed E-state index contributed by atoms with van der Waals surface area (Å²) in [5, 5.41) is 0. The zero-order valence-electron chi connectivity index (χ0n) is 17.8. The van der Waals surface area contributed by atoms with Crippen molar-refractivity contribution in [1.29, 1.82) is 0 Å². The van der Waals surface area contributed by atoms with Crippen molar-refractivity contribution in [2.24, 2.45) is 0 Å². The van der Waals surface area contributed by atoms with Crippen LogP contribution in [0.25, 0.3) is 11.1 Å². The zero-order valence-corrected chi connectivity index (χ0v) is 17.8. The highest BCUT2D eigenvalue weighted by Crippen LogP contribution is 2.23. The monoisotopic (exact) mass is 416 g/mol. The van der Waals surface area contributed by atoms with Gasteiger partial charge in [0.05, 0.1) is 6.10 Å². The minimum absolute atomic E-state index is 0.0495. The molecule has 1 fully saturated rings. The molecule has 2 heterocycles. The summed E-state index contributed by atoms with van der Waals surface area (Å²) < 4.78 is 11.8. The molecule has 1 aliphatic rings. The van der Waals surface area contributed by atoms with Crippen LogP contribution in [0, 0.1) is 0 Å². The average Bonchev–Trinajstić information content (AvgIpc) is 3.33. The van der Waals surface area contributed by atoms with E-state index < -0.39 is 6.10 Å². The predicted octanol–water partition coefficient (Wildman–Crippen LogP) is 4.72. The second kappa shape index (κ2) is 10.2. The van der Waals surface area contributed by atoms with Gasteiger partial charge in [-0.15, -0.1) is 0 Å². The summed E-state index contributed by atoms with van der Waals surface area (Å²) in [7, 11) is 0. The normalized spacial score (nSPS) is 16.6. The Hall–Kier alpha value is -3.18. The first-order valence-corrected chi connectivity index (χ1v) is 10.8. The quantitative estimate of drug-likeness (QED) is 0.533. The molecule has 1 aliphatic heterocycles. The molecular formula is C26H28N2O3. The summed E-state index contributed by atoms with van der Waals surface area (Å²) in [5.74, 6) is 0.630. The number of nitrogens with zero attached hydrogens (tertiary/aromatic N) is 2. The number of amides is 1. The number of carbonyl (C=O) groups is 1.